The van der Waals surface area contributed by atoms with Crippen LogP contribution in [0.4, 0.5) is 4.39 Å². The molecule has 0 saturated carbocycles. The third-order valence-electron chi connectivity index (χ3n) is 6.51. The van der Waals surface area contributed by atoms with Gasteiger partial charge in [0.1, 0.15) is 17.2 Å². The van der Waals surface area contributed by atoms with E-state index in [2.05, 4.69) is 30.3 Å². The minimum atomic E-state index is -0.429. The molecule has 0 spiro atoms. The Morgan fingerprint density at radius 1 is 0.946 bits per heavy atom. The van der Waals surface area contributed by atoms with E-state index < -0.39 is 5.82 Å². The molecule has 6 rings (SSSR count). The maximum absolute atomic E-state index is 14.6. The third-order valence-corrected chi connectivity index (χ3v) is 6.51. The van der Waals surface area contributed by atoms with E-state index in [1.807, 2.05) is 24.3 Å². The minimum absolute atomic E-state index is 0.181. The first-order chi connectivity index (χ1) is 18.2. The number of hydrogen-bond acceptors (Lipinski definition) is 8. The molecule has 2 aromatic carbocycles. The van der Waals surface area contributed by atoms with Gasteiger partial charge in [-0.3, -0.25) is 9.88 Å². The van der Waals surface area contributed by atoms with E-state index in [0.717, 1.165) is 43.6 Å². The highest BCUT2D eigenvalue weighted by Gasteiger charge is 2.24. The minimum Gasteiger partial charge on any atom is -0.393 e. The van der Waals surface area contributed by atoms with Gasteiger partial charge in [-0.15, -0.1) is 5.10 Å². The normalized spacial score (nSPS) is 14.8. The fourth-order valence-electron chi connectivity index (χ4n) is 4.52. The maximum Gasteiger partial charge on any atom is 0.281 e. The van der Waals surface area contributed by atoms with E-state index in [-0.39, 0.29) is 17.7 Å². The molecule has 1 N–H and O–H groups in total. The number of rotatable bonds is 6. The molecule has 1 aliphatic rings. The summed E-state index contributed by atoms with van der Waals surface area (Å²) in [7, 11) is 0. The Morgan fingerprint density at radius 2 is 1.70 bits per heavy atom. The summed E-state index contributed by atoms with van der Waals surface area (Å²) >= 11 is 0. The summed E-state index contributed by atoms with van der Waals surface area (Å²) in [5.74, 6) is 0.172. The van der Waals surface area contributed by atoms with Crippen molar-refractivity contribution in [3.05, 3.63) is 84.4 Å². The van der Waals surface area contributed by atoms with Gasteiger partial charge in [0.2, 0.25) is 5.82 Å². The Kier molecular flexibility index (Phi) is 6.25. The largest absolute Gasteiger partial charge is 0.393 e. The van der Waals surface area contributed by atoms with Gasteiger partial charge in [0.15, 0.2) is 5.69 Å². The number of pyridine rings is 1. The molecular weight excluding hydrogens is 473 g/mol. The Bertz CT molecular complexity index is 1490. The van der Waals surface area contributed by atoms with Gasteiger partial charge >= 0.3 is 0 Å². The molecule has 0 bridgehead atoms. The van der Waals surface area contributed by atoms with Crippen molar-refractivity contribution in [3.63, 3.8) is 0 Å². The van der Waals surface area contributed by atoms with Crippen LogP contribution in [0.25, 0.3) is 39.9 Å². The van der Waals surface area contributed by atoms with Crippen LogP contribution in [0.3, 0.4) is 0 Å². The highest BCUT2D eigenvalue weighted by Crippen LogP contribution is 2.32. The van der Waals surface area contributed by atoms with Crippen molar-refractivity contribution in [3.8, 4) is 39.9 Å². The lowest BCUT2D eigenvalue weighted by Crippen LogP contribution is -2.35. The van der Waals surface area contributed by atoms with Crippen LogP contribution in [0.15, 0.2) is 77.6 Å². The average Bonchev–Trinajstić information content (AvgIpc) is 3.59. The lowest BCUT2D eigenvalue weighted by Gasteiger charge is -2.29. The van der Waals surface area contributed by atoms with Crippen molar-refractivity contribution in [2.75, 3.05) is 13.1 Å². The van der Waals surface area contributed by atoms with E-state index in [1.165, 1.54) is 16.3 Å². The SMILES string of the molecule is OC1CCN(Cc2ccc(-c3noc(-c4nnn(-c5ccccc5F)c4-c4ccncc4)n3)cc2)CC1. The molecule has 9 nitrogen and oxygen atoms in total. The molecule has 4 heterocycles. The van der Waals surface area contributed by atoms with Gasteiger partial charge < -0.3 is 9.63 Å². The van der Waals surface area contributed by atoms with Gasteiger partial charge in [-0.05, 0) is 42.7 Å². The second-order valence-electron chi connectivity index (χ2n) is 9.01. The summed E-state index contributed by atoms with van der Waals surface area (Å²) in [6.45, 7) is 2.62. The zero-order chi connectivity index (χ0) is 25.2. The number of benzene rings is 2. The Morgan fingerprint density at radius 3 is 2.46 bits per heavy atom. The van der Waals surface area contributed by atoms with E-state index in [9.17, 15) is 9.50 Å². The van der Waals surface area contributed by atoms with Crippen molar-refractivity contribution in [1.82, 2.24) is 35.0 Å². The Balaban J connectivity index is 1.30. The Labute approximate surface area is 212 Å². The van der Waals surface area contributed by atoms with Gasteiger partial charge in [0.05, 0.1) is 6.10 Å². The number of aromatic nitrogens is 6. The monoisotopic (exact) mass is 497 g/mol. The molecule has 0 radical (unpaired) electrons. The lowest BCUT2D eigenvalue weighted by atomic mass is 10.1. The summed E-state index contributed by atoms with van der Waals surface area (Å²) in [5.41, 5.74) is 3.83. The molecule has 1 saturated heterocycles. The van der Waals surface area contributed by atoms with Crippen LogP contribution >= 0.6 is 0 Å². The number of para-hydroxylation sites is 1. The fourth-order valence-corrected chi connectivity index (χ4v) is 4.52. The van der Waals surface area contributed by atoms with Crippen LogP contribution in [0.2, 0.25) is 0 Å². The van der Waals surface area contributed by atoms with Crippen LogP contribution in [-0.2, 0) is 6.54 Å². The molecule has 1 fully saturated rings. The van der Waals surface area contributed by atoms with Crippen LogP contribution < -0.4 is 0 Å². The summed E-state index contributed by atoms with van der Waals surface area (Å²) in [6, 6.07) is 18.0. The molecule has 0 aliphatic carbocycles. The van der Waals surface area contributed by atoms with E-state index in [4.69, 9.17) is 4.52 Å². The predicted octanol–water partition coefficient (Wildman–Crippen LogP) is 4.14. The first-order valence-electron chi connectivity index (χ1n) is 12.1. The highest BCUT2D eigenvalue weighted by atomic mass is 19.1. The van der Waals surface area contributed by atoms with E-state index in [1.54, 1.807) is 42.7 Å². The predicted molar refractivity (Wildman–Crippen MR) is 134 cm³/mol. The fraction of sp³-hybridized carbons (Fsp3) is 0.222. The summed E-state index contributed by atoms with van der Waals surface area (Å²) in [6.07, 6.45) is 4.73. The molecule has 186 valence electrons. The van der Waals surface area contributed by atoms with Crippen molar-refractivity contribution >= 4 is 0 Å². The first kappa shape index (κ1) is 23.1. The van der Waals surface area contributed by atoms with Crippen LogP contribution in [-0.4, -0.2) is 59.3 Å². The van der Waals surface area contributed by atoms with Crippen molar-refractivity contribution in [2.24, 2.45) is 0 Å². The highest BCUT2D eigenvalue weighted by molar-refractivity contribution is 5.76. The zero-order valence-electron chi connectivity index (χ0n) is 19.9. The lowest BCUT2D eigenvalue weighted by molar-refractivity contribution is 0.0792. The summed E-state index contributed by atoms with van der Waals surface area (Å²) in [5, 5.41) is 22.4. The van der Waals surface area contributed by atoms with Crippen molar-refractivity contribution < 1.29 is 14.0 Å². The number of piperidine rings is 1. The molecule has 0 atom stereocenters. The molecular formula is C27H24FN7O2. The molecule has 3 aromatic heterocycles. The second-order valence-corrected chi connectivity index (χ2v) is 9.01. The van der Waals surface area contributed by atoms with Gasteiger partial charge in [0, 0.05) is 43.2 Å². The maximum atomic E-state index is 14.6. The smallest absolute Gasteiger partial charge is 0.281 e. The van der Waals surface area contributed by atoms with Crippen LogP contribution in [0, 0.1) is 5.82 Å². The number of halogens is 1. The molecule has 10 heteroatoms. The standard InChI is InChI=1S/C27H24FN7O2/c28-22-3-1-2-4-23(22)35-25(19-9-13-29-14-10-19)24(31-33-35)27-30-26(32-37-27)20-7-5-18(6-8-20)17-34-15-11-21(36)12-16-34/h1-10,13-14,21,36H,11-12,15-17H2. The Hall–Kier alpha value is -4.28. The molecule has 5 aromatic rings. The van der Waals surface area contributed by atoms with Gasteiger partial charge in [-0.2, -0.15) is 4.98 Å². The summed E-state index contributed by atoms with van der Waals surface area (Å²) in [4.78, 5) is 11.0. The van der Waals surface area contributed by atoms with Crippen molar-refractivity contribution in [1.29, 1.82) is 0 Å². The number of likely N-dealkylation sites (tertiary alicyclic amines) is 1. The molecule has 37 heavy (non-hydrogen) atoms. The average molecular weight is 498 g/mol. The number of nitrogens with zero attached hydrogens (tertiary/aromatic N) is 7. The molecule has 1 aliphatic heterocycles. The zero-order valence-corrected chi connectivity index (χ0v) is 19.9. The topological polar surface area (TPSA) is 106 Å². The number of aliphatic hydroxyl groups is 1. The molecule has 0 amide bonds. The van der Waals surface area contributed by atoms with Gasteiger partial charge in [-0.25, -0.2) is 9.07 Å². The second kappa shape index (κ2) is 10.00. The van der Waals surface area contributed by atoms with E-state index in [0.29, 0.717) is 17.2 Å². The first-order valence-corrected chi connectivity index (χ1v) is 12.1. The number of aliphatic hydroxyl groups excluding tert-OH is 1. The molecule has 0 unspecified atom stereocenters. The van der Waals surface area contributed by atoms with Gasteiger partial charge in [-0.1, -0.05) is 46.8 Å². The van der Waals surface area contributed by atoms with Gasteiger partial charge in [0.25, 0.3) is 5.89 Å². The van der Waals surface area contributed by atoms with Crippen molar-refractivity contribution in [2.45, 2.75) is 25.5 Å². The summed E-state index contributed by atoms with van der Waals surface area (Å²) < 4.78 is 21.7. The van der Waals surface area contributed by atoms with Crippen LogP contribution in [0.5, 0.6) is 0 Å². The van der Waals surface area contributed by atoms with Crippen LogP contribution in [0.1, 0.15) is 18.4 Å². The third kappa shape index (κ3) is 4.76. The van der Waals surface area contributed by atoms with E-state index >= 15 is 0 Å². The number of hydrogen-bond donors (Lipinski definition) is 1. The quantitative estimate of drug-likeness (QED) is 0.373.